The van der Waals surface area contributed by atoms with E-state index in [0.717, 1.165) is 11.1 Å². The molecule has 0 saturated heterocycles. The van der Waals surface area contributed by atoms with Gasteiger partial charge in [0.25, 0.3) is 5.91 Å². The van der Waals surface area contributed by atoms with Crippen LogP contribution in [-0.2, 0) is 4.79 Å². The van der Waals surface area contributed by atoms with Gasteiger partial charge in [-0.05, 0) is 55.0 Å². The van der Waals surface area contributed by atoms with E-state index in [4.69, 9.17) is 30.5 Å². The highest BCUT2D eigenvalue weighted by molar-refractivity contribution is 6.32. The largest absolute Gasteiger partial charge is 0.493 e. The molecule has 2 N–H and O–H groups in total. The smallest absolute Gasteiger partial charge is 0.311 e. The van der Waals surface area contributed by atoms with Gasteiger partial charge in [-0.15, -0.1) is 0 Å². The van der Waals surface area contributed by atoms with E-state index in [0.29, 0.717) is 59.0 Å². The van der Waals surface area contributed by atoms with Crippen LogP contribution in [0.25, 0.3) is 11.1 Å². The fourth-order valence-corrected chi connectivity index (χ4v) is 4.46. The van der Waals surface area contributed by atoms with E-state index < -0.39 is 11.9 Å². The number of amides is 1. The van der Waals surface area contributed by atoms with Gasteiger partial charge >= 0.3 is 5.97 Å². The second-order valence-corrected chi connectivity index (χ2v) is 9.18. The summed E-state index contributed by atoms with van der Waals surface area (Å²) in [5.74, 6) is 0.423. The molecule has 5 rings (SSSR count). The number of carbonyl (C=O) groups is 2. The topological polar surface area (TPSA) is 129 Å². The Morgan fingerprint density at radius 2 is 1.85 bits per heavy atom. The number of nitrogens with one attached hydrogen (secondary N) is 1. The Morgan fingerprint density at radius 1 is 1.05 bits per heavy atom. The molecule has 0 radical (unpaired) electrons. The summed E-state index contributed by atoms with van der Waals surface area (Å²) in [6.45, 7) is 0.291. The molecule has 0 spiro atoms. The number of nitrogens with zero attached hydrogens (tertiary/aromatic N) is 2. The highest BCUT2D eigenvalue weighted by atomic mass is 35.5. The second kappa shape index (κ2) is 11.5. The third-order valence-corrected chi connectivity index (χ3v) is 6.59. The summed E-state index contributed by atoms with van der Waals surface area (Å²) in [5, 5.41) is 12.5. The molecule has 0 fully saturated rings. The highest BCUT2D eigenvalue weighted by Gasteiger charge is 2.29. The molecule has 0 aliphatic carbocycles. The lowest BCUT2D eigenvalue weighted by Gasteiger charge is -2.24. The van der Waals surface area contributed by atoms with Crippen LogP contribution in [0.15, 0.2) is 66.9 Å². The van der Waals surface area contributed by atoms with Crippen molar-refractivity contribution in [2.24, 2.45) is 0 Å². The Kier molecular flexibility index (Phi) is 7.70. The molecule has 2 aromatic carbocycles. The third-order valence-electron chi connectivity index (χ3n) is 6.30. The number of hydrogen-bond acceptors (Lipinski definition) is 8. The van der Waals surface area contributed by atoms with Crippen molar-refractivity contribution < 1.29 is 33.6 Å². The monoisotopic (exact) mass is 561 g/mol. The molecule has 0 bridgehead atoms. The normalized spacial score (nSPS) is 13.9. The standard InChI is InChI=1S/C29H24ClN3O7/c1-37-26-10-8-19(28(33-26)38-2)17-5-9-25(31-15-17)32-27(34)16-3-6-18(7-4-16)40-24-14-23-21(13-22(24)30)20(29(35)36)11-12-39-23/h3-10,13-15,20H,11-12H2,1-2H3,(H,35,36)(H,31,32,34). The van der Waals surface area contributed by atoms with Gasteiger partial charge < -0.3 is 29.4 Å². The van der Waals surface area contributed by atoms with Gasteiger partial charge in [-0.1, -0.05) is 11.6 Å². The summed E-state index contributed by atoms with van der Waals surface area (Å²) >= 11 is 6.37. The zero-order valence-electron chi connectivity index (χ0n) is 21.5. The number of ether oxygens (including phenoxy) is 4. The maximum absolute atomic E-state index is 12.8. The van der Waals surface area contributed by atoms with Gasteiger partial charge in [-0.3, -0.25) is 9.59 Å². The first-order valence-electron chi connectivity index (χ1n) is 12.2. The number of carbonyl (C=O) groups excluding carboxylic acids is 1. The molecule has 1 amide bonds. The summed E-state index contributed by atoms with van der Waals surface area (Å²) in [5.41, 5.74) is 2.40. The van der Waals surface area contributed by atoms with Crippen molar-refractivity contribution in [2.45, 2.75) is 12.3 Å². The van der Waals surface area contributed by atoms with Gasteiger partial charge in [-0.25, -0.2) is 4.98 Å². The summed E-state index contributed by atoms with van der Waals surface area (Å²) in [6, 6.07) is 16.7. The molecule has 1 aliphatic heterocycles. The Hall–Kier alpha value is -4.83. The maximum atomic E-state index is 12.8. The number of hydrogen-bond donors (Lipinski definition) is 2. The van der Waals surface area contributed by atoms with E-state index in [1.807, 2.05) is 6.07 Å². The number of aliphatic carboxylic acids is 1. The van der Waals surface area contributed by atoms with Crippen molar-refractivity contribution in [1.29, 1.82) is 0 Å². The van der Waals surface area contributed by atoms with Crippen LogP contribution in [0.2, 0.25) is 5.02 Å². The minimum atomic E-state index is -0.927. The molecule has 2 aromatic heterocycles. The number of pyridine rings is 2. The Bertz CT molecular complexity index is 1560. The molecule has 3 heterocycles. The molecular formula is C29H24ClN3O7. The highest BCUT2D eigenvalue weighted by Crippen LogP contribution is 2.42. The van der Waals surface area contributed by atoms with Crippen molar-refractivity contribution in [3.05, 3.63) is 83.0 Å². The lowest BCUT2D eigenvalue weighted by Crippen LogP contribution is -2.20. The zero-order chi connectivity index (χ0) is 28.2. The van der Waals surface area contributed by atoms with E-state index in [9.17, 15) is 14.7 Å². The Balaban J connectivity index is 1.25. The summed E-state index contributed by atoms with van der Waals surface area (Å²) in [6.07, 6.45) is 1.99. The maximum Gasteiger partial charge on any atom is 0.311 e. The predicted octanol–water partition coefficient (Wildman–Crippen LogP) is 5.81. The molecule has 10 nitrogen and oxygen atoms in total. The molecular weight excluding hydrogens is 538 g/mol. The third kappa shape index (κ3) is 5.62. The van der Waals surface area contributed by atoms with Crippen molar-refractivity contribution >= 4 is 29.3 Å². The van der Waals surface area contributed by atoms with Crippen LogP contribution in [0.1, 0.15) is 28.3 Å². The number of rotatable bonds is 8. The van der Waals surface area contributed by atoms with Gasteiger partial charge in [0.05, 0.1) is 31.8 Å². The van der Waals surface area contributed by atoms with Gasteiger partial charge in [-0.2, -0.15) is 4.98 Å². The minimum Gasteiger partial charge on any atom is -0.493 e. The first kappa shape index (κ1) is 26.8. The molecule has 1 unspecified atom stereocenters. The SMILES string of the molecule is COc1ccc(-c2ccc(NC(=O)c3ccc(Oc4cc5c(cc4Cl)C(C(=O)O)CCO5)cc3)nc2)c(OC)n1. The van der Waals surface area contributed by atoms with Crippen LogP contribution >= 0.6 is 11.6 Å². The Morgan fingerprint density at radius 3 is 2.52 bits per heavy atom. The zero-order valence-corrected chi connectivity index (χ0v) is 22.3. The van der Waals surface area contributed by atoms with Gasteiger partial charge in [0.1, 0.15) is 23.1 Å². The minimum absolute atomic E-state index is 0.259. The number of aromatic nitrogens is 2. The first-order valence-corrected chi connectivity index (χ1v) is 12.6. The van der Waals surface area contributed by atoms with Gasteiger partial charge in [0.15, 0.2) is 0 Å². The fourth-order valence-electron chi connectivity index (χ4n) is 4.25. The Labute approximate surface area is 234 Å². The van der Waals surface area contributed by atoms with Crippen LogP contribution in [0, 0.1) is 0 Å². The molecule has 1 atom stereocenters. The van der Waals surface area contributed by atoms with Crippen molar-refractivity contribution in [2.75, 3.05) is 26.1 Å². The van der Waals surface area contributed by atoms with Crippen molar-refractivity contribution in [1.82, 2.24) is 9.97 Å². The number of carboxylic acids is 1. The summed E-state index contributed by atoms with van der Waals surface area (Å²) in [4.78, 5) is 32.9. The fraction of sp³-hybridized carbons (Fsp3) is 0.172. The number of benzene rings is 2. The van der Waals surface area contributed by atoms with E-state index in [-0.39, 0.29) is 10.9 Å². The lowest BCUT2D eigenvalue weighted by atomic mass is 9.93. The number of carboxylic acid groups (broad SMARTS) is 1. The number of fused-ring (bicyclic) bond motifs is 1. The number of halogens is 1. The first-order chi connectivity index (χ1) is 19.4. The number of methoxy groups -OCH3 is 2. The molecule has 1 aliphatic rings. The predicted molar refractivity (Wildman–Crippen MR) is 147 cm³/mol. The van der Waals surface area contributed by atoms with Crippen LogP contribution in [0.3, 0.4) is 0 Å². The van der Waals surface area contributed by atoms with E-state index in [1.54, 1.807) is 60.8 Å². The number of anilines is 1. The lowest BCUT2D eigenvalue weighted by molar-refractivity contribution is -0.139. The van der Waals surface area contributed by atoms with E-state index >= 15 is 0 Å². The van der Waals surface area contributed by atoms with Crippen LogP contribution in [0.5, 0.6) is 29.0 Å². The summed E-state index contributed by atoms with van der Waals surface area (Å²) in [7, 11) is 3.05. The van der Waals surface area contributed by atoms with Crippen LogP contribution < -0.4 is 24.3 Å². The molecule has 204 valence electrons. The van der Waals surface area contributed by atoms with E-state index in [1.165, 1.54) is 14.2 Å². The van der Waals surface area contributed by atoms with Gasteiger partial charge in [0, 0.05) is 40.6 Å². The van der Waals surface area contributed by atoms with Crippen LogP contribution in [0.4, 0.5) is 5.82 Å². The van der Waals surface area contributed by atoms with Gasteiger partial charge in [0.2, 0.25) is 11.8 Å². The molecule has 40 heavy (non-hydrogen) atoms. The van der Waals surface area contributed by atoms with E-state index in [2.05, 4.69) is 15.3 Å². The second-order valence-electron chi connectivity index (χ2n) is 8.77. The summed E-state index contributed by atoms with van der Waals surface area (Å²) < 4.78 is 22.0. The van der Waals surface area contributed by atoms with Crippen molar-refractivity contribution in [3.8, 4) is 40.1 Å². The van der Waals surface area contributed by atoms with Crippen LogP contribution in [-0.4, -0.2) is 47.8 Å². The quantitative estimate of drug-likeness (QED) is 0.274. The molecule has 4 aromatic rings. The molecule has 11 heteroatoms. The average Bonchev–Trinajstić information content (AvgIpc) is 2.97. The molecule has 0 saturated carbocycles. The van der Waals surface area contributed by atoms with Crippen molar-refractivity contribution in [3.63, 3.8) is 0 Å². The average molecular weight is 562 g/mol.